The Kier molecular flexibility index (Phi) is 11.7. The molecule has 0 aromatic carbocycles. The van der Waals surface area contributed by atoms with Gasteiger partial charge in [0, 0.05) is 8.80 Å². The summed E-state index contributed by atoms with van der Waals surface area (Å²) in [5.41, 5.74) is 0. The van der Waals surface area contributed by atoms with E-state index in [1.54, 1.807) is 0 Å². The summed E-state index contributed by atoms with van der Waals surface area (Å²) in [6.07, 6.45) is 0. The molecule has 0 aromatic rings. The quantitative estimate of drug-likeness (QED) is 0.406. The van der Waals surface area contributed by atoms with E-state index in [9.17, 15) is 0 Å². The van der Waals surface area contributed by atoms with Crippen molar-refractivity contribution in [3.05, 3.63) is 0 Å². The van der Waals surface area contributed by atoms with Crippen LogP contribution in [0.15, 0.2) is 0 Å². The Morgan fingerprint density at radius 3 is 1.00 bits per heavy atom. The second-order valence-corrected chi connectivity index (χ2v) is 4.50. The van der Waals surface area contributed by atoms with Crippen LogP contribution < -0.4 is 0 Å². The predicted molar refractivity (Wildman–Crippen MR) is 30.5 cm³/mol. The number of rotatable bonds is 0. The maximum atomic E-state index is 2.27. The molecule has 2 heteroatoms. The van der Waals surface area contributed by atoms with Crippen molar-refractivity contribution in [1.82, 2.24) is 0 Å². The van der Waals surface area contributed by atoms with Gasteiger partial charge in [-0.3, -0.25) is 0 Å². The van der Waals surface area contributed by atoms with Gasteiger partial charge in [-0.25, -0.2) is 0 Å². The molecule has 0 bridgehead atoms. The van der Waals surface area contributed by atoms with Crippen LogP contribution in [0.4, 0.5) is 0 Å². The molecule has 0 aliphatic carbocycles. The molecule has 0 atom stereocenters. The van der Waals surface area contributed by atoms with Crippen molar-refractivity contribution in [2.75, 3.05) is 0 Å². The van der Waals surface area contributed by atoms with Crippen LogP contribution >= 0.6 is 0 Å². The summed E-state index contributed by atoms with van der Waals surface area (Å²) in [5, 5.41) is 0. The third kappa shape index (κ3) is 25.3. The van der Waals surface area contributed by atoms with Crippen molar-refractivity contribution < 1.29 is 0 Å². The third-order valence-electron chi connectivity index (χ3n) is 0. The fourth-order valence-electron chi connectivity index (χ4n) is 0. The molecule has 0 rings (SSSR count). The van der Waals surface area contributed by atoms with Gasteiger partial charge in [0.1, 0.15) is 0 Å². The van der Waals surface area contributed by atoms with Gasteiger partial charge in [-0.1, -0.05) is 19.6 Å². The molecule has 0 aliphatic rings. The van der Waals surface area contributed by atoms with E-state index in [0.717, 1.165) is 0 Å². The van der Waals surface area contributed by atoms with Crippen LogP contribution in [-0.4, -0.2) is 60.2 Å². The summed E-state index contributed by atoms with van der Waals surface area (Å²) >= 11 is 0. The van der Waals surface area contributed by atoms with Gasteiger partial charge in [0.2, 0.25) is 0 Å². The second-order valence-electron chi connectivity index (χ2n) is 1.50. The zero-order valence-electron chi connectivity index (χ0n) is 3.50. The fraction of sp³-hybridized carbons (Fsp3) is 1.00. The molecule has 1 radical (unpaired) electrons. The van der Waals surface area contributed by atoms with Gasteiger partial charge in [-0.05, 0) is 0 Å². The minimum absolute atomic E-state index is 0. The first-order chi connectivity index (χ1) is 1.73. The van der Waals surface area contributed by atoms with Gasteiger partial charge < -0.3 is 0 Å². The summed E-state index contributed by atoms with van der Waals surface area (Å²) in [6, 6.07) is 0. The Morgan fingerprint density at radius 1 is 1.00 bits per heavy atom. The van der Waals surface area contributed by atoms with Crippen LogP contribution in [0.25, 0.3) is 0 Å². The second kappa shape index (κ2) is 5.85. The Hall–Kier alpha value is 1.85. The van der Waals surface area contributed by atoms with E-state index in [-0.39, 0.29) is 60.2 Å². The molecule has 27 valence electrons. The summed E-state index contributed by atoms with van der Waals surface area (Å²) in [4.78, 5) is 0. The van der Waals surface area contributed by atoms with Gasteiger partial charge in [-0.15, -0.1) is 0 Å². The molecule has 0 fully saturated rings. The first kappa shape index (κ1) is 9.97. The van der Waals surface area contributed by atoms with Crippen molar-refractivity contribution in [3.63, 3.8) is 0 Å². The molecule has 0 unspecified atom stereocenters. The topological polar surface area (TPSA) is 0 Å². The van der Waals surface area contributed by atoms with Crippen LogP contribution in [0.3, 0.4) is 0 Å². The molecule has 0 N–H and O–H groups in total. The van der Waals surface area contributed by atoms with E-state index in [1.165, 1.54) is 0 Å². The van der Waals surface area contributed by atoms with E-state index in [4.69, 9.17) is 0 Å². The average molecular weight is 113 g/mol. The van der Waals surface area contributed by atoms with Gasteiger partial charge in [-0.2, -0.15) is 0 Å². The van der Waals surface area contributed by atoms with E-state index < -0.39 is 0 Å². The first-order valence-corrected chi connectivity index (χ1v) is 4.50. The van der Waals surface area contributed by atoms with Crippen LogP contribution in [0.2, 0.25) is 19.6 Å². The van der Waals surface area contributed by atoms with E-state index in [2.05, 4.69) is 19.6 Å². The maximum absolute atomic E-state index is 2.27. The van der Waals surface area contributed by atoms with Crippen LogP contribution in [-0.2, 0) is 0 Å². The number of hydrogen-bond acceptors (Lipinski definition) is 0. The summed E-state index contributed by atoms with van der Waals surface area (Å²) < 4.78 is 0. The molecular weight excluding hydrogens is 103 g/mol. The van der Waals surface area contributed by atoms with Gasteiger partial charge in [0.05, 0.1) is 0 Å². The summed E-state index contributed by atoms with van der Waals surface area (Å²) in [6.45, 7) is 6.81. The van der Waals surface area contributed by atoms with Crippen molar-refractivity contribution in [2.45, 2.75) is 19.6 Å². The molecule has 5 heavy (non-hydrogen) atoms. The molecule has 0 saturated heterocycles. The fourth-order valence-corrected chi connectivity index (χ4v) is 0. The Labute approximate surface area is 78.4 Å². The van der Waals surface area contributed by atoms with Gasteiger partial charge in [0.15, 0.2) is 0 Å². The molecule has 0 saturated carbocycles. The zero-order valence-corrected chi connectivity index (χ0v) is 4.50. The van der Waals surface area contributed by atoms with Crippen molar-refractivity contribution in [2.24, 2.45) is 0 Å². The third-order valence-corrected chi connectivity index (χ3v) is 0. The molecule has 0 heterocycles. The van der Waals surface area contributed by atoms with Crippen molar-refractivity contribution >= 4 is 60.2 Å². The Bertz CT molecular complexity index is 11.6. The summed E-state index contributed by atoms with van der Waals surface area (Å²) in [7, 11) is 0.120. The minimum atomic E-state index is 0. The molecule has 0 aliphatic heterocycles. The van der Waals surface area contributed by atoms with Gasteiger partial charge in [0.25, 0.3) is 0 Å². The standard InChI is InChI=1S/C3H9Si.K.H/c1-4(2)3;;/h1-3H3;;. The summed E-state index contributed by atoms with van der Waals surface area (Å²) in [5.74, 6) is 0. The number of hydrogen-bond donors (Lipinski definition) is 0. The molecule has 0 nitrogen and oxygen atoms in total. The monoisotopic (exact) mass is 113 g/mol. The average Bonchev–Trinajstić information content (AvgIpc) is 0.811. The van der Waals surface area contributed by atoms with Crippen LogP contribution in [0.5, 0.6) is 0 Å². The van der Waals surface area contributed by atoms with E-state index in [0.29, 0.717) is 0 Å². The SMILES string of the molecule is C[Si](C)C.[KH]. The molecule has 0 aromatic heterocycles. The first-order valence-electron chi connectivity index (χ1n) is 1.50. The van der Waals surface area contributed by atoms with Crippen LogP contribution in [0, 0.1) is 0 Å². The van der Waals surface area contributed by atoms with E-state index in [1.807, 2.05) is 0 Å². The normalized spacial score (nSPS) is 7.20. The Morgan fingerprint density at radius 2 is 1.00 bits per heavy atom. The molecule has 0 spiro atoms. The zero-order chi connectivity index (χ0) is 3.58. The van der Waals surface area contributed by atoms with Gasteiger partial charge >= 0.3 is 51.4 Å². The van der Waals surface area contributed by atoms with Crippen molar-refractivity contribution in [1.29, 1.82) is 0 Å². The Balaban J connectivity index is 0. The molecular formula is C3H10KSi. The van der Waals surface area contributed by atoms with E-state index >= 15 is 0 Å². The van der Waals surface area contributed by atoms with Crippen molar-refractivity contribution in [3.8, 4) is 0 Å². The van der Waals surface area contributed by atoms with Crippen LogP contribution in [0.1, 0.15) is 0 Å². The predicted octanol–water partition coefficient (Wildman–Crippen LogP) is 0.722. The molecule has 0 amide bonds.